The molecule has 242 valence electrons. The fraction of sp³-hybridized carbons (Fsp3) is 0.526. The number of carbonyl (C=O) groups is 2. The Morgan fingerprint density at radius 2 is 1.14 bits per heavy atom. The van der Waals surface area contributed by atoms with Crippen LogP contribution in [0.2, 0.25) is 0 Å². The predicted octanol–water partition coefficient (Wildman–Crippen LogP) is 10.6. The van der Waals surface area contributed by atoms with Crippen LogP contribution in [-0.2, 0) is 4.79 Å². The van der Waals surface area contributed by atoms with Gasteiger partial charge in [0.2, 0.25) is 0 Å². The topological polar surface area (TPSA) is 93.1 Å². The number of unbranched alkanes of at least 4 members (excludes halogenated alkanes) is 14. The van der Waals surface area contributed by atoms with E-state index < -0.39 is 11.9 Å². The van der Waals surface area contributed by atoms with Crippen LogP contribution in [0.3, 0.4) is 0 Å². The highest BCUT2D eigenvalue weighted by molar-refractivity contribution is 5.94. The summed E-state index contributed by atoms with van der Waals surface area (Å²) < 4.78 is 12.4. The maximum Gasteiger partial charge on any atom is 0.335 e. The number of hydrogen-bond donors (Lipinski definition) is 2. The Kier molecular flexibility index (Phi) is 19.1. The second-order valence-electron chi connectivity index (χ2n) is 11.5. The van der Waals surface area contributed by atoms with E-state index in [0.29, 0.717) is 35.8 Å². The van der Waals surface area contributed by atoms with Crippen LogP contribution >= 0.6 is 0 Å². The summed E-state index contributed by atoms with van der Waals surface area (Å²) in [5.74, 6) is -0.741. The van der Waals surface area contributed by atoms with Gasteiger partial charge < -0.3 is 19.7 Å². The number of aliphatic carboxylic acids is 1. The molecule has 0 heterocycles. The molecule has 0 aromatic heterocycles. The van der Waals surface area contributed by atoms with Gasteiger partial charge in [0.1, 0.15) is 0 Å². The highest BCUT2D eigenvalue weighted by atomic mass is 16.5. The van der Waals surface area contributed by atoms with Gasteiger partial charge in [-0.1, -0.05) is 122 Å². The molecule has 2 aromatic rings. The van der Waals surface area contributed by atoms with E-state index in [-0.39, 0.29) is 5.56 Å². The van der Waals surface area contributed by atoms with E-state index in [2.05, 4.69) is 13.8 Å². The van der Waals surface area contributed by atoms with Crippen molar-refractivity contribution in [1.82, 2.24) is 0 Å². The standard InChI is InChI=1S/C38H54O6/c1-3-5-7-9-11-13-15-17-26-43-35-24-22-31(29-36(35)44-27-18-16-14-12-10-8-6-4-2)28-33(23-25-37(39)40)32-20-19-21-34(30-32)38(41)42/h19-25,28-30H,3-18,26-27H2,1-2H3,(H,39,40)(H,41,42)/b25-23-,33-28-. The summed E-state index contributed by atoms with van der Waals surface area (Å²) in [6, 6.07) is 12.2. The molecular formula is C38H54O6. The minimum absolute atomic E-state index is 0.135. The number of aromatic carboxylic acids is 1. The first kappa shape index (κ1) is 36.7. The van der Waals surface area contributed by atoms with Gasteiger partial charge in [0.25, 0.3) is 0 Å². The largest absolute Gasteiger partial charge is 0.490 e. The minimum atomic E-state index is -1.08. The SMILES string of the molecule is CCCCCCCCCCOc1ccc(/C=C(/C=C\C(=O)O)c2cccc(C(=O)O)c2)cc1OCCCCCCCCCC. The normalized spacial score (nSPS) is 11.6. The molecule has 0 saturated carbocycles. The summed E-state index contributed by atoms with van der Waals surface area (Å²) in [4.78, 5) is 22.8. The molecule has 0 atom stereocenters. The third-order valence-electron chi connectivity index (χ3n) is 7.65. The van der Waals surface area contributed by atoms with E-state index in [1.807, 2.05) is 24.3 Å². The Bertz CT molecular complexity index is 1170. The zero-order chi connectivity index (χ0) is 31.8. The smallest absolute Gasteiger partial charge is 0.335 e. The average molecular weight is 607 g/mol. The van der Waals surface area contributed by atoms with E-state index in [0.717, 1.165) is 37.3 Å². The van der Waals surface area contributed by atoms with Crippen LogP contribution in [0.5, 0.6) is 11.5 Å². The van der Waals surface area contributed by atoms with Crippen LogP contribution < -0.4 is 9.47 Å². The number of hydrogen-bond acceptors (Lipinski definition) is 4. The van der Waals surface area contributed by atoms with Crippen molar-refractivity contribution in [3.8, 4) is 11.5 Å². The number of carboxylic acid groups (broad SMARTS) is 2. The molecule has 0 radical (unpaired) electrons. The van der Waals surface area contributed by atoms with E-state index >= 15 is 0 Å². The molecule has 2 rings (SSSR count). The monoisotopic (exact) mass is 606 g/mol. The number of ether oxygens (including phenoxy) is 2. The summed E-state index contributed by atoms with van der Waals surface area (Å²) >= 11 is 0. The number of rotatable bonds is 25. The molecule has 0 bridgehead atoms. The second kappa shape index (κ2) is 22.9. The number of carboxylic acids is 2. The van der Waals surface area contributed by atoms with Gasteiger partial charge in [-0.2, -0.15) is 0 Å². The Labute approximate surface area is 265 Å². The van der Waals surface area contributed by atoms with Crippen molar-refractivity contribution in [2.75, 3.05) is 13.2 Å². The molecule has 2 N–H and O–H groups in total. The van der Waals surface area contributed by atoms with Gasteiger partial charge in [-0.15, -0.1) is 0 Å². The van der Waals surface area contributed by atoms with E-state index in [1.54, 1.807) is 18.2 Å². The molecule has 0 spiro atoms. The molecule has 0 aliphatic rings. The van der Waals surface area contributed by atoms with Gasteiger partial charge in [-0.25, -0.2) is 9.59 Å². The van der Waals surface area contributed by atoms with Gasteiger partial charge >= 0.3 is 11.9 Å². The molecule has 0 aliphatic carbocycles. The third kappa shape index (κ3) is 15.8. The fourth-order valence-electron chi connectivity index (χ4n) is 5.08. The molecule has 6 nitrogen and oxygen atoms in total. The van der Waals surface area contributed by atoms with Crippen LogP contribution in [0, 0.1) is 0 Å². The van der Waals surface area contributed by atoms with Crippen molar-refractivity contribution in [1.29, 1.82) is 0 Å². The molecule has 0 unspecified atom stereocenters. The predicted molar refractivity (Wildman–Crippen MR) is 181 cm³/mol. The maximum atomic E-state index is 11.5. The highest BCUT2D eigenvalue weighted by Crippen LogP contribution is 2.31. The van der Waals surface area contributed by atoms with Crippen molar-refractivity contribution in [3.05, 3.63) is 71.3 Å². The zero-order valence-electron chi connectivity index (χ0n) is 27.0. The molecule has 2 aromatic carbocycles. The van der Waals surface area contributed by atoms with E-state index in [9.17, 15) is 19.8 Å². The van der Waals surface area contributed by atoms with Crippen molar-refractivity contribution >= 4 is 23.6 Å². The molecule has 0 aliphatic heterocycles. The summed E-state index contributed by atoms with van der Waals surface area (Å²) in [5.41, 5.74) is 2.13. The summed E-state index contributed by atoms with van der Waals surface area (Å²) in [6.45, 7) is 5.71. The molecule has 0 fully saturated rings. The first-order valence-electron chi connectivity index (χ1n) is 16.8. The van der Waals surface area contributed by atoms with Crippen molar-refractivity contribution in [2.24, 2.45) is 0 Å². The minimum Gasteiger partial charge on any atom is -0.490 e. The van der Waals surface area contributed by atoms with Gasteiger partial charge in [-0.3, -0.25) is 0 Å². The number of benzene rings is 2. The van der Waals surface area contributed by atoms with Gasteiger partial charge in [0.15, 0.2) is 11.5 Å². The lowest BCUT2D eigenvalue weighted by atomic mass is 10.00. The van der Waals surface area contributed by atoms with Crippen molar-refractivity contribution in [2.45, 2.75) is 117 Å². The summed E-state index contributed by atoms with van der Waals surface area (Å²) in [5, 5.41) is 18.7. The first-order chi connectivity index (χ1) is 21.4. The van der Waals surface area contributed by atoms with Crippen LogP contribution in [0.25, 0.3) is 11.6 Å². The number of allylic oxidation sites excluding steroid dienone is 2. The third-order valence-corrected chi connectivity index (χ3v) is 7.65. The second-order valence-corrected chi connectivity index (χ2v) is 11.5. The Hall–Kier alpha value is -3.54. The van der Waals surface area contributed by atoms with Crippen LogP contribution in [0.1, 0.15) is 138 Å². The van der Waals surface area contributed by atoms with Crippen LogP contribution in [0.4, 0.5) is 0 Å². The van der Waals surface area contributed by atoms with E-state index in [4.69, 9.17) is 9.47 Å². The van der Waals surface area contributed by atoms with Crippen molar-refractivity contribution < 1.29 is 29.3 Å². The lowest BCUT2D eigenvalue weighted by Crippen LogP contribution is -2.03. The van der Waals surface area contributed by atoms with Crippen molar-refractivity contribution in [3.63, 3.8) is 0 Å². The molecule has 44 heavy (non-hydrogen) atoms. The average Bonchev–Trinajstić information content (AvgIpc) is 3.02. The lowest BCUT2D eigenvalue weighted by Gasteiger charge is -2.14. The summed E-state index contributed by atoms with van der Waals surface area (Å²) in [7, 11) is 0. The Morgan fingerprint density at radius 1 is 0.614 bits per heavy atom. The quantitative estimate of drug-likeness (QED) is 0.0505. The van der Waals surface area contributed by atoms with Gasteiger partial charge in [0.05, 0.1) is 18.8 Å². The van der Waals surface area contributed by atoms with Crippen LogP contribution in [0.15, 0.2) is 54.6 Å². The lowest BCUT2D eigenvalue weighted by molar-refractivity contribution is -0.131. The van der Waals surface area contributed by atoms with Crippen LogP contribution in [-0.4, -0.2) is 35.4 Å². The Balaban J connectivity index is 2.13. The summed E-state index contributed by atoms with van der Waals surface area (Å²) in [6.07, 6.45) is 24.0. The molecule has 0 saturated heterocycles. The highest BCUT2D eigenvalue weighted by Gasteiger charge is 2.10. The molecule has 6 heteroatoms. The van der Waals surface area contributed by atoms with E-state index in [1.165, 1.54) is 89.2 Å². The molecular weight excluding hydrogens is 552 g/mol. The zero-order valence-corrected chi connectivity index (χ0v) is 27.0. The van der Waals surface area contributed by atoms with Gasteiger partial charge in [-0.05, 0) is 66.0 Å². The maximum absolute atomic E-state index is 11.5. The van der Waals surface area contributed by atoms with Gasteiger partial charge in [0, 0.05) is 6.08 Å². The first-order valence-corrected chi connectivity index (χ1v) is 16.8. The fourth-order valence-corrected chi connectivity index (χ4v) is 5.08. The molecule has 0 amide bonds. The Morgan fingerprint density at radius 3 is 1.68 bits per heavy atom.